The molecule has 2 heterocycles. The Morgan fingerprint density at radius 1 is 0.370 bits per heavy atom. The van der Waals surface area contributed by atoms with Crippen molar-refractivity contribution in [2.75, 3.05) is 0 Å². The SMILES string of the molecule is C.c1ccc(-n2c3ccccc3c3cc(-c4ccc(-c5ccc(C6c7c(ccc8ccccc78)Oc7ccc8ccccc8c76)cc5)cc4)ccc32)cc1. The van der Waals surface area contributed by atoms with Gasteiger partial charge < -0.3 is 9.30 Å². The minimum Gasteiger partial charge on any atom is -0.457 e. The molecule has 0 unspecified atom stereocenters. The van der Waals surface area contributed by atoms with Crippen LogP contribution < -0.4 is 4.74 Å². The lowest BCUT2D eigenvalue weighted by Crippen LogP contribution is -2.13. The molecular formula is C52H37NO. The summed E-state index contributed by atoms with van der Waals surface area (Å²) in [5.74, 6) is 1.89. The van der Waals surface area contributed by atoms with E-state index in [0.717, 1.165) is 11.5 Å². The normalized spacial score (nSPS) is 12.4. The molecule has 0 aliphatic carbocycles. The van der Waals surface area contributed by atoms with Crippen LogP contribution in [0.25, 0.3) is 71.3 Å². The van der Waals surface area contributed by atoms with Gasteiger partial charge in [0.25, 0.3) is 0 Å². The summed E-state index contributed by atoms with van der Waals surface area (Å²) in [5, 5.41) is 7.44. The maximum atomic E-state index is 6.65. The van der Waals surface area contributed by atoms with Gasteiger partial charge in [0.15, 0.2) is 0 Å². The summed E-state index contributed by atoms with van der Waals surface area (Å²) < 4.78 is 9.02. The summed E-state index contributed by atoms with van der Waals surface area (Å²) in [5.41, 5.74) is 12.1. The highest BCUT2D eigenvalue weighted by atomic mass is 16.5. The number of hydrogen-bond donors (Lipinski definition) is 0. The van der Waals surface area contributed by atoms with Gasteiger partial charge in [-0.05, 0) is 91.8 Å². The number of benzene rings is 9. The fraction of sp³-hybridized carbons (Fsp3) is 0.0385. The summed E-state index contributed by atoms with van der Waals surface area (Å²) in [7, 11) is 0. The van der Waals surface area contributed by atoms with Crippen LogP contribution in [-0.4, -0.2) is 4.57 Å². The van der Waals surface area contributed by atoms with E-state index in [1.54, 1.807) is 0 Å². The predicted molar refractivity (Wildman–Crippen MR) is 227 cm³/mol. The Kier molecular flexibility index (Phi) is 7.45. The molecule has 0 radical (unpaired) electrons. The van der Waals surface area contributed by atoms with E-state index in [4.69, 9.17) is 4.74 Å². The van der Waals surface area contributed by atoms with Crippen LogP contribution in [0.3, 0.4) is 0 Å². The Hall–Kier alpha value is -6.90. The molecule has 2 heteroatoms. The van der Waals surface area contributed by atoms with Crippen LogP contribution in [0.5, 0.6) is 11.5 Å². The number of fused-ring (bicyclic) bond motifs is 9. The molecule has 10 aromatic rings. The zero-order valence-corrected chi connectivity index (χ0v) is 28.9. The first-order valence-corrected chi connectivity index (χ1v) is 18.3. The van der Waals surface area contributed by atoms with Gasteiger partial charge >= 0.3 is 0 Å². The van der Waals surface area contributed by atoms with Crippen molar-refractivity contribution in [1.82, 2.24) is 4.57 Å². The molecular weight excluding hydrogens is 655 g/mol. The van der Waals surface area contributed by atoms with Gasteiger partial charge in [0.2, 0.25) is 0 Å². The van der Waals surface area contributed by atoms with E-state index in [-0.39, 0.29) is 13.3 Å². The zero-order valence-electron chi connectivity index (χ0n) is 28.9. The molecule has 0 spiro atoms. The van der Waals surface area contributed by atoms with E-state index in [2.05, 4.69) is 199 Å². The molecule has 0 N–H and O–H groups in total. The Morgan fingerprint density at radius 3 is 1.48 bits per heavy atom. The second kappa shape index (κ2) is 12.6. The number of para-hydroxylation sites is 2. The molecule has 2 nitrogen and oxygen atoms in total. The Balaban J connectivity index is 0.00000361. The minimum atomic E-state index is 0. The lowest BCUT2D eigenvalue weighted by atomic mass is 9.78. The minimum absolute atomic E-state index is 0. The van der Waals surface area contributed by atoms with Crippen LogP contribution >= 0.6 is 0 Å². The lowest BCUT2D eigenvalue weighted by molar-refractivity contribution is 0.456. The van der Waals surface area contributed by atoms with Crippen molar-refractivity contribution >= 4 is 43.4 Å². The highest BCUT2D eigenvalue weighted by Gasteiger charge is 2.32. The lowest BCUT2D eigenvalue weighted by Gasteiger charge is -2.31. The van der Waals surface area contributed by atoms with E-state index < -0.39 is 0 Å². The highest BCUT2D eigenvalue weighted by molar-refractivity contribution is 6.10. The molecule has 0 saturated carbocycles. The third kappa shape index (κ3) is 4.95. The maximum Gasteiger partial charge on any atom is 0.132 e. The fourth-order valence-electron chi connectivity index (χ4n) is 8.65. The van der Waals surface area contributed by atoms with Gasteiger partial charge in [-0.2, -0.15) is 0 Å². The molecule has 54 heavy (non-hydrogen) atoms. The Morgan fingerprint density at radius 2 is 0.852 bits per heavy atom. The van der Waals surface area contributed by atoms with Crippen molar-refractivity contribution in [1.29, 1.82) is 0 Å². The van der Waals surface area contributed by atoms with Gasteiger partial charge in [-0.3, -0.25) is 0 Å². The Labute approximate surface area is 315 Å². The summed E-state index contributed by atoms with van der Waals surface area (Å²) in [4.78, 5) is 0. The third-order valence-electron chi connectivity index (χ3n) is 11.1. The maximum absolute atomic E-state index is 6.65. The second-order valence-electron chi connectivity index (χ2n) is 14.1. The molecule has 11 rings (SSSR count). The van der Waals surface area contributed by atoms with Gasteiger partial charge in [0.1, 0.15) is 11.5 Å². The van der Waals surface area contributed by atoms with Crippen molar-refractivity contribution < 1.29 is 4.74 Å². The first-order chi connectivity index (χ1) is 26.3. The number of rotatable bonds is 4. The van der Waals surface area contributed by atoms with Crippen molar-refractivity contribution in [2.24, 2.45) is 0 Å². The largest absolute Gasteiger partial charge is 0.457 e. The molecule has 1 aliphatic heterocycles. The monoisotopic (exact) mass is 691 g/mol. The number of aromatic nitrogens is 1. The highest BCUT2D eigenvalue weighted by Crippen LogP contribution is 2.52. The quantitative estimate of drug-likeness (QED) is 0.179. The average Bonchev–Trinajstić information content (AvgIpc) is 3.57. The van der Waals surface area contributed by atoms with E-state index in [1.165, 1.54) is 88.0 Å². The van der Waals surface area contributed by atoms with E-state index in [9.17, 15) is 0 Å². The molecule has 0 fully saturated rings. The summed E-state index contributed by atoms with van der Waals surface area (Å²) in [6, 6.07) is 70.3. The van der Waals surface area contributed by atoms with Crippen molar-refractivity contribution in [2.45, 2.75) is 13.3 Å². The number of ether oxygens (including phenoxy) is 1. The van der Waals surface area contributed by atoms with Gasteiger partial charge in [-0.15, -0.1) is 0 Å². The average molecular weight is 692 g/mol. The van der Waals surface area contributed by atoms with Crippen LogP contribution in [0.2, 0.25) is 0 Å². The van der Waals surface area contributed by atoms with Crippen LogP contribution in [0, 0.1) is 0 Å². The zero-order chi connectivity index (χ0) is 34.9. The molecule has 0 amide bonds. The molecule has 0 saturated heterocycles. The first-order valence-electron chi connectivity index (χ1n) is 18.3. The van der Waals surface area contributed by atoms with Gasteiger partial charge in [0, 0.05) is 33.5 Å². The summed E-state index contributed by atoms with van der Waals surface area (Å²) in [6.07, 6.45) is 0. The summed E-state index contributed by atoms with van der Waals surface area (Å²) in [6.45, 7) is 0. The number of hydrogen-bond acceptors (Lipinski definition) is 1. The molecule has 256 valence electrons. The van der Waals surface area contributed by atoms with Crippen molar-refractivity contribution in [3.05, 3.63) is 211 Å². The van der Waals surface area contributed by atoms with Crippen LogP contribution in [0.1, 0.15) is 30.0 Å². The standard InChI is InChI=1S/C51H33NO.CH4/c1-2-12-40(13-3-1)52-45-17-9-8-16-43(45)44-32-39(26-29-46(44)52)35-20-18-33(19-21-35)34-22-24-38(25-23-34)49-50-41-14-6-4-10-36(41)27-30-47(50)53-48-31-28-37-11-5-7-15-42(37)51(48)49;/h1-32,49H;1H4. The molecule has 1 aliphatic rings. The molecule has 1 aromatic heterocycles. The Bertz CT molecular complexity index is 2920. The molecule has 0 atom stereocenters. The van der Waals surface area contributed by atoms with Gasteiger partial charge in [-0.1, -0.05) is 159 Å². The first kappa shape index (κ1) is 31.8. The van der Waals surface area contributed by atoms with E-state index in [1.807, 2.05) is 0 Å². The predicted octanol–water partition coefficient (Wildman–Crippen LogP) is 14.3. The van der Waals surface area contributed by atoms with E-state index in [0.29, 0.717) is 0 Å². The summed E-state index contributed by atoms with van der Waals surface area (Å²) >= 11 is 0. The molecule has 9 aromatic carbocycles. The smallest absolute Gasteiger partial charge is 0.132 e. The third-order valence-corrected chi connectivity index (χ3v) is 11.1. The van der Waals surface area contributed by atoms with Crippen LogP contribution in [0.4, 0.5) is 0 Å². The van der Waals surface area contributed by atoms with Gasteiger partial charge in [-0.25, -0.2) is 0 Å². The number of nitrogens with zero attached hydrogens (tertiary/aromatic N) is 1. The van der Waals surface area contributed by atoms with Crippen molar-refractivity contribution in [3.63, 3.8) is 0 Å². The van der Waals surface area contributed by atoms with E-state index >= 15 is 0 Å². The topological polar surface area (TPSA) is 14.2 Å². The van der Waals surface area contributed by atoms with Gasteiger partial charge in [0.05, 0.1) is 11.0 Å². The molecule has 0 bridgehead atoms. The fourth-order valence-corrected chi connectivity index (χ4v) is 8.65. The van der Waals surface area contributed by atoms with Crippen molar-refractivity contribution in [3.8, 4) is 39.4 Å². The van der Waals surface area contributed by atoms with Crippen LogP contribution in [0.15, 0.2) is 194 Å². The van der Waals surface area contributed by atoms with Crippen LogP contribution in [-0.2, 0) is 0 Å². The second-order valence-corrected chi connectivity index (χ2v) is 14.1.